The quantitative estimate of drug-likeness (QED) is 0.0110. The summed E-state index contributed by atoms with van der Waals surface area (Å²) in [6.07, 6.45) is 7.79. The van der Waals surface area contributed by atoms with E-state index < -0.39 is 51.1 Å². The van der Waals surface area contributed by atoms with Crippen LogP contribution in [0.3, 0.4) is 0 Å². The Morgan fingerprint density at radius 3 is 2.20 bits per heavy atom. The van der Waals surface area contributed by atoms with Crippen molar-refractivity contribution in [1.29, 1.82) is 0 Å². The summed E-state index contributed by atoms with van der Waals surface area (Å²) in [6, 6.07) is 11.8. The minimum atomic E-state index is -4.52. The van der Waals surface area contributed by atoms with E-state index >= 15 is 0 Å². The van der Waals surface area contributed by atoms with Crippen molar-refractivity contribution in [2.45, 2.75) is 129 Å². The van der Waals surface area contributed by atoms with Crippen molar-refractivity contribution in [3.63, 3.8) is 0 Å². The lowest BCUT2D eigenvalue weighted by molar-refractivity contribution is -0.139. The molecule has 4 aromatic heterocycles. The molecule has 7 heterocycles. The first-order chi connectivity index (χ1) is 46.9. The summed E-state index contributed by atoms with van der Waals surface area (Å²) in [5.41, 5.74) is 4.66. The van der Waals surface area contributed by atoms with Gasteiger partial charge in [0.15, 0.2) is 17.4 Å². The highest BCUT2D eigenvalue weighted by Crippen LogP contribution is 2.37. The number of amides is 6. The number of ether oxygens (including phenoxy) is 3. The van der Waals surface area contributed by atoms with Crippen LogP contribution in [-0.4, -0.2) is 174 Å². The molecule has 6 amide bonds. The Morgan fingerprint density at radius 1 is 0.758 bits per heavy atom. The van der Waals surface area contributed by atoms with Crippen LogP contribution in [0.15, 0.2) is 85.5 Å². The molecular weight excluding hydrogens is 1300 g/mol. The molecule has 0 saturated carbocycles. The summed E-state index contributed by atoms with van der Waals surface area (Å²) in [7, 11) is 0.421. The van der Waals surface area contributed by atoms with Crippen molar-refractivity contribution >= 4 is 97.0 Å². The predicted octanol–water partition coefficient (Wildman–Crippen LogP) is 6.51. The molecule has 2 aromatic carbocycles. The van der Waals surface area contributed by atoms with Crippen LogP contribution in [0.2, 0.25) is 0 Å². The molecule has 0 radical (unpaired) electrons. The highest BCUT2D eigenvalue weighted by molar-refractivity contribution is 7.86. The Kier molecular flexibility index (Phi) is 23.8. The lowest BCUT2D eigenvalue weighted by Crippen LogP contribution is -2.44. The van der Waals surface area contributed by atoms with Crippen molar-refractivity contribution in [3.05, 3.63) is 130 Å². The van der Waals surface area contributed by atoms with Crippen LogP contribution < -0.4 is 20.7 Å². The third-order valence-corrected chi connectivity index (χ3v) is 19.5. The van der Waals surface area contributed by atoms with E-state index in [1.54, 1.807) is 118 Å². The fraction of sp³-hybridized carbons (Fsp3) is 0.465. The van der Waals surface area contributed by atoms with Gasteiger partial charge in [-0.15, -0.1) is 0 Å². The molecule has 5 atom stereocenters. The largest absolute Gasteiger partial charge is 0.493 e. The van der Waals surface area contributed by atoms with Gasteiger partial charge in [0, 0.05) is 140 Å². The maximum absolute atomic E-state index is 14.1. The van der Waals surface area contributed by atoms with Gasteiger partial charge in [-0.2, -0.15) is 8.42 Å². The van der Waals surface area contributed by atoms with Gasteiger partial charge in [0.2, 0.25) is 29.4 Å². The zero-order valence-corrected chi connectivity index (χ0v) is 57.9. The Balaban J connectivity index is 0.684. The van der Waals surface area contributed by atoms with Gasteiger partial charge in [-0.25, -0.2) is 4.98 Å². The van der Waals surface area contributed by atoms with E-state index in [2.05, 4.69) is 27.5 Å². The van der Waals surface area contributed by atoms with E-state index in [1.807, 2.05) is 13.8 Å². The SMILES string of the molecule is C=C1C[C@H]2C(S(=O)(=O)O)Cc3cc(OCCCC(=O)Nc4cn(C)c(C(=O)Cc5cc(C(=O)Nc6cc(C(=O)n7ccc8cc(CC(=O)[C@H](C)NC(=O)[C@@H](CC(=O)CCOCCOCCCC(=O)CCN9C(=O)CC(C)C9=O)C(C)C)ccc87)n(C)c6)n(C)c5)n4)c(C)cc3C(=O)N2C1. The second-order valence-electron chi connectivity index (χ2n) is 26.4. The van der Waals surface area contributed by atoms with E-state index in [-0.39, 0.29) is 192 Å². The number of hydrogen-bond acceptors (Lipinski definition) is 17. The molecule has 2 saturated heterocycles. The van der Waals surface area contributed by atoms with Crippen LogP contribution in [0.4, 0.5) is 11.5 Å². The average molecular weight is 1380 g/mol. The number of benzene rings is 2. The van der Waals surface area contributed by atoms with Gasteiger partial charge in [-0.3, -0.25) is 66.8 Å². The first-order valence-electron chi connectivity index (χ1n) is 33.1. The van der Waals surface area contributed by atoms with E-state index in [1.165, 1.54) is 20.2 Å². The number of imide groups is 1. The Labute approximate surface area is 573 Å². The second kappa shape index (κ2) is 32.0. The van der Waals surface area contributed by atoms with Crippen LogP contribution in [0.1, 0.15) is 150 Å². The fourth-order valence-electron chi connectivity index (χ4n) is 12.8. The molecule has 4 N–H and O–H groups in total. The number of carbonyl (C=O) groups is 11. The molecule has 3 aliphatic rings. The molecule has 6 aromatic rings. The highest BCUT2D eigenvalue weighted by Gasteiger charge is 2.46. The summed E-state index contributed by atoms with van der Waals surface area (Å²) < 4.78 is 58.4. The highest BCUT2D eigenvalue weighted by atomic mass is 32.2. The van der Waals surface area contributed by atoms with E-state index in [0.29, 0.717) is 68.8 Å². The molecule has 99 heavy (non-hydrogen) atoms. The van der Waals surface area contributed by atoms with E-state index in [4.69, 9.17) is 14.2 Å². The number of hydrogen-bond donors (Lipinski definition) is 4. The molecule has 9 rings (SSSR count). The third kappa shape index (κ3) is 18.2. The summed E-state index contributed by atoms with van der Waals surface area (Å²) in [4.78, 5) is 151. The number of nitrogens with one attached hydrogen (secondary N) is 3. The summed E-state index contributed by atoms with van der Waals surface area (Å²) in [5, 5.41) is 7.81. The molecular formula is C71H86N10O17S. The monoisotopic (exact) mass is 1380 g/mol. The van der Waals surface area contributed by atoms with Crippen molar-refractivity contribution in [3.8, 4) is 5.75 Å². The van der Waals surface area contributed by atoms with E-state index in [9.17, 15) is 65.7 Å². The van der Waals surface area contributed by atoms with Crippen molar-refractivity contribution in [1.82, 2.24) is 38.4 Å². The van der Waals surface area contributed by atoms with Gasteiger partial charge in [-0.1, -0.05) is 39.0 Å². The Bertz CT molecular complexity index is 4290. The zero-order chi connectivity index (χ0) is 71.7. The smallest absolute Gasteiger partial charge is 0.279 e. The maximum Gasteiger partial charge on any atom is 0.279 e. The predicted molar refractivity (Wildman–Crippen MR) is 364 cm³/mol. The number of Topliss-reactive ketones (excluding diaryl/α,β-unsaturated/α-hetero) is 4. The molecule has 528 valence electrons. The normalized spacial score (nSPS) is 16.8. The van der Waals surface area contributed by atoms with Crippen LogP contribution >= 0.6 is 0 Å². The summed E-state index contributed by atoms with van der Waals surface area (Å²) >= 11 is 0. The number of nitrogens with zero attached hydrogens (tertiary/aromatic N) is 7. The first-order valence-corrected chi connectivity index (χ1v) is 34.6. The number of likely N-dealkylation sites (tertiary alicyclic amines) is 1. The molecule has 3 aliphatic heterocycles. The lowest BCUT2D eigenvalue weighted by atomic mass is 9.88. The number of carbonyl (C=O) groups excluding carboxylic acids is 11. The minimum absolute atomic E-state index is 0.0152. The van der Waals surface area contributed by atoms with Crippen molar-refractivity contribution < 1.29 is 79.9 Å². The number of anilines is 2. The second-order valence-corrected chi connectivity index (χ2v) is 28.0. The minimum Gasteiger partial charge on any atom is -0.493 e. The number of imidazole rings is 1. The van der Waals surface area contributed by atoms with Crippen LogP contribution in [0.25, 0.3) is 10.9 Å². The first kappa shape index (κ1) is 73.7. The lowest BCUT2D eigenvalue weighted by Gasteiger charge is -2.26. The number of fused-ring (bicyclic) bond motifs is 3. The van der Waals surface area contributed by atoms with Gasteiger partial charge >= 0.3 is 0 Å². The van der Waals surface area contributed by atoms with Crippen molar-refractivity contribution in [2.75, 3.05) is 56.8 Å². The molecule has 27 nitrogen and oxygen atoms in total. The topological polar surface area (TPSA) is 345 Å². The maximum atomic E-state index is 14.1. The Morgan fingerprint density at radius 2 is 1.48 bits per heavy atom. The van der Waals surface area contributed by atoms with Gasteiger partial charge < -0.3 is 48.8 Å². The van der Waals surface area contributed by atoms with E-state index in [0.717, 1.165) is 4.90 Å². The van der Waals surface area contributed by atoms with Crippen LogP contribution in [0, 0.1) is 24.7 Å². The Hall–Kier alpha value is -9.51. The number of aromatic nitrogens is 5. The van der Waals surface area contributed by atoms with Gasteiger partial charge in [0.05, 0.1) is 49.7 Å². The molecule has 0 bridgehead atoms. The molecule has 2 fully saturated rings. The van der Waals surface area contributed by atoms with Crippen LogP contribution in [-0.2, 0) is 93.6 Å². The van der Waals surface area contributed by atoms with Crippen molar-refractivity contribution in [2.24, 2.45) is 38.9 Å². The molecule has 0 spiro atoms. The zero-order valence-electron chi connectivity index (χ0n) is 57.1. The molecule has 28 heteroatoms. The van der Waals surface area contributed by atoms with Gasteiger partial charge in [0.1, 0.15) is 34.0 Å². The summed E-state index contributed by atoms with van der Waals surface area (Å²) in [5.74, 6) is -3.98. The fourth-order valence-corrected chi connectivity index (χ4v) is 13.8. The molecule has 2 unspecified atom stereocenters. The van der Waals surface area contributed by atoms with Gasteiger partial charge in [-0.05, 0) is 110 Å². The average Bonchev–Trinajstić information content (AvgIpc) is 1.63. The summed E-state index contributed by atoms with van der Waals surface area (Å²) in [6.45, 7) is 14.0. The molecule has 0 aliphatic carbocycles. The standard InChI is InChI=1S/C71H86N10O17S/c1-41(2)53(36-52(83)18-23-97-25-24-96-21-10-12-51(82)17-20-80-65(87)28-44(5)69(80)90)67(88)72-45(6)59(84)31-46-14-15-55-48(29-46)16-19-79(55)71(92)58-35-50(39-77(58)8)73-68(89)57-30-47(38-76(57)7)32-60(85)66-75-63(40-78(66)9)74-64(86)13-11-22-98-61-33-49-34-62(99(93,94)95)56-26-42(3)37-81(56)70(91)54(49)27-43(61)4/h14-16,19,27,29-30,33,35,38-41,44-45,53,56,62H,3,10-13,17-18,20-26,28,31-32,34,36-37H2,1-2,4-9H3,(H,72,88)(H,73,89)(H,74,86)(H,93,94,95)/t44?,45-,53-,56-,62?/m0/s1. The number of aryl methyl sites for hydroxylation is 4. The van der Waals surface area contributed by atoms with Gasteiger partial charge in [0.25, 0.3) is 27.8 Å². The third-order valence-electron chi connectivity index (χ3n) is 18.3. The number of rotatable bonds is 34. The number of ketones is 4. The van der Waals surface area contributed by atoms with Crippen LogP contribution in [0.5, 0.6) is 5.75 Å².